The van der Waals surface area contributed by atoms with Crippen LogP contribution >= 0.6 is 0 Å². The molecule has 158 valence electrons. The molecule has 4 rings (SSSR count). The van der Waals surface area contributed by atoms with Crippen molar-refractivity contribution in [2.45, 2.75) is 27.3 Å². The lowest BCUT2D eigenvalue weighted by Gasteiger charge is -2.32. The Balaban J connectivity index is 1.97. The molecule has 30 heavy (non-hydrogen) atoms. The van der Waals surface area contributed by atoms with Gasteiger partial charge in [0.2, 0.25) is 11.5 Å². The van der Waals surface area contributed by atoms with E-state index in [1.165, 1.54) is 4.40 Å². The summed E-state index contributed by atoms with van der Waals surface area (Å²) in [5.41, 5.74) is 8.74. The maximum Gasteiger partial charge on any atom is 0.278 e. The Bertz CT molecular complexity index is 1190. The van der Waals surface area contributed by atoms with Crippen LogP contribution < -0.4 is 15.9 Å². The van der Waals surface area contributed by atoms with Gasteiger partial charge in [0.05, 0.1) is 6.54 Å². The van der Waals surface area contributed by atoms with Crippen molar-refractivity contribution < 1.29 is 9.36 Å². The first kappa shape index (κ1) is 20.3. The minimum Gasteiger partial charge on any atom is -0.336 e. The van der Waals surface area contributed by atoms with Gasteiger partial charge in [-0.15, -0.1) is 0 Å². The summed E-state index contributed by atoms with van der Waals surface area (Å²) in [7, 11) is 2.04. The van der Waals surface area contributed by atoms with E-state index in [0.717, 1.165) is 18.7 Å². The van der Waals surface area contributed by atoms with Crippen molar-refractivity contribution in [3.8, 4) is 0 Å². The van der Waals surface area contributed by atoms with Crippen molar-refractivity contribution in [2.24, 2.45) is 5.92 Å². The number of rotatable bonds is 3. The molecule has 0 saturated carbocycles. The van der Waals surface area contributed by atoms with E-state index < -0.39 is 0 Å². The van der Waals surface area contributed by atoms with E-state index in [-0.39, 0.29) is 17.4 Å². The van der Waals surface area contributed by atoms with Crippen molar-refractivity contribution in [2.75, 3.05) is 39.0 Å². The Labute approximate surface area is 175 Å². The lowest BCUT2D eigenvalue weighted by molar-refractivity contribution is -0.664. The molecule has 1 aliphatic heterocycles. The summed E-state index contributed by atoms with van der Waals surface area (Å²) >= 11 is 0. The van der Waals surface area contributed by atoms with Crippen molar-refractivity contribution >= 4 is 28.4 Å². The van der Waals surface area contributed by atoms with E-state index in [4.69, 9.17) is 10.7 Å². The Morgan fingerprint density at radius 3 is 2.63 bits per heavy atom. The minimum absolute atomic E-state index is 0.131. The number of amides is 1. The van der Waals surface area contributed by atoms with Gasteiger partial charge < -0.3 is 15.5 Å². The van der Waals surface area contributed by atoms with Crippen LogP contribution in [0, 0.1) is 12.8 Å². The van der Waals surface area contributed by atoms with Gasteiger partial charge in [-0.05, 0) is 32.0 Å². The van der Waals surface area contributed by atoms with Gasteiger partial charge in [0.1, 0.15) is 10.9 Å². The van der Waals surface area contributed by atoms with Crippen LogP contribution in [-0.2, 0) is 6.54 Å². The molecule has 1 aliphatic rings. The highest BCUT2D eigenvalue weighted by molar-refractivity contribution is 6.00. The third-order valence-electron chi connectivity index (χ3n) is 5.74. The molecule has 8 heteroatoms. The maximum absolute atomic E-state index is 13.3. The fourth-order valence-electron chi connectivity index (χ4n) is 4.01. The molecule has 0 radical (unpaired) electrons. The average molecular weight is 410 g/mol. The van der Waals surface area contributed by atoms with Crippen molar-refractivity contribution in [1.82, 2.24) is 19.2 Å². The van der Waals surface area contributed by atoms with E-state index in [2.05, 4.69) is 18.7 Å². The lowest BCUT2D eigenvalue weighted by atomic mass is 10.1. The number of fused-ring (bicyclic) bond motifs is 2. The summed E-state index contributed by atoms with van der Waals surface area (Å²) in [6.45, 7) is 9.57. The smallest absolute Gasteiger partial charge is 0.278 e. The molecule has 1 amide bonds. The van der Waals surface area contributed by atoms with Crippen molar-refractivity contribution in [3.05, 3.63) is 45.9 Å². The lowest BCUT2D eigenvalue weighted by Crippen LogP contribution is -2.49. The molecule has 1 fully saturated rings. The van der Waals surface area contributed by atoms with Crippen LogP contribution in [0.1, 0.15) is 29.8 Å². The third kappa shape index (κ3) is 3.41. The number of nitrogen functional groups attached to an aromatic ring is 1. The second kappa shape index (κ2) is 7.68. The monoisotopic (exact) mass is 409 g/mol. The molecule has 0 atom stereocenters. The SMILES string of the molecule is Cc1cccn2c(=O)c3cc(C(=O)N4CCN(C)CC4)c(N)[n+](CC(C)C)c3nc12. The minimum atomic E-state index is -0.191. The van der Waals surface area contributed by atoms with Crippen LogP contribution in [0.4, 0.5) is 5.82 Å². The number of hydrogen-bond donors (Lipinski definition) is 1. The Morgan fingerprint density at radius 2 is 1.97 bits per heavy atom. The zero-order valence-electron chi connectivity index (χ0n) is 18.1. The summed E-state index contributed by atoms with van der Waals surface area (Å²) in [5, 5.41) is 0.408. The molecular formula is C22H29N6O2+. The third-order valence-corrected chi connectivity index (χ3v) is 5.74. The molecule has 2 N–H and O–H groups in total. The van der Waals surface area contributed by atoms with Gasteiger partial charge in [-0.1, -0.05) is 24.9 Å². The van der Waals surface area contributed by atoms with Crippen molar-refractivity contribution in [3.63, 3.8) is 0 Å². The predicted molar refractivity (Wildman–Crippen MR) is 117 cm³/mol. The highest BCUT2D eigenvalue weighted by atomic mass is 16.2. The van der Waals surface area contributed by atoms with Crippen LogP contribution in [0.3, 0.4) is 0 Å². The average Bonchev–Trinajstić information content (AvgIpc) is 2.71. The quantitative estimate of drug-likeness (QED) is 0.516. The summed E-state index contributed by atoms with van der Waals surface area (Å²) in [5.74, 6) is 0.505. The van der Waals surface area contributed by atoms with E-state index in [1.54, 1.807) is 12.3 Å². The fraction of sp³-hybridized carbons (Fsp3) is 0.455. The molecule has 3 aromatic heterocycles. The summed E-state index contributed by atoms with van der Waals surface area (Å²) in [6.07, 6.45) is 1.71. The molecule has 4 heterocycles. The fourth-order valence-corrected chi connectivity index (χ4v) is 4.01. The molecule has 0 unspecified atom stereocenters. The topological polar surface area (TPSA) is 87.8 Å². The van der Waals surface area contributed by atoms with Gasteiger partial charge in [0.25, 0.3) is 17.1 Å². The van der Waals surface area contributed by atoms with Gasteiger partial charge in [0, 0.05) is 37.9 Å². The molecule has 0 aromatic carbocycles. The molecule has 0 aliphatic carbocycles. The van der Waals surface area contributed by atoms with Gasteiger partial charge in [0.15, 0.2) is 0 Å². The Morgan fingerprint density at radius 1 is 1.27 bits per heavy atom. The number of nitrogens with zero attached hydrogens (tertiary/aromatic N) is 5. The number of likely N-dealkylation sites (N-methyl/N-ethyl adjacent to an activating group) is 1. The molecular weight excluding hydrogens is 380 g/mol. The number of anilines is 1. The second-order valence-electron chi connectivity index (χ2n) is 8.58. The van der Waals surface area contributed by atoms with Crippen molar-refractivity contribution in [1.29, 1.82) is 0 Å². The summed E-state index contributed by atoms with van der Waals surface area (Å²) in [6, 6.07) is 5.38. The van der Waals surface area contributed by atoms with Gasteiger partial charge in [-0.3, -0.25) is 14.0 Å². The highest BCUT2D eigenvalue weighted by Gasteiger charge is 2.29. The highest BCUT2D eigenvalue weighted by Crippen LogP contribution is 2.19. The zero-order chi connectivity index (χ0) is 21.6. The van der Waals surface area contributed by atoms with Crippen LogP contribution in [-0.4, -0.2) is 58.3 Å². The zero-order valence-corrected chi connectivity index (χ0v) is 18.1. The Hall–Kier alpha value is -3.00. The van der Waals surface area contributed by atoms with Crippen LogP contribution in [0.2, 0.25) is 0 Å². The number of aromatic nitrogens is 3. The van der Waals surface area contributed by atoms with Crippen LogP contribution in [0.5, 0.6) is 0 Å². The number of piperazine rings is 1. The van der Waals surface area contributed by atoms with Gasteiger partial charge in [-0.2, -0.15) is 0 Å². The standard InChI is InChI=1S/C22H28N6O2/c1-14(2)13-28-18(23)16(21(29)26-10-8-25(4)9-11-26)12-17-20(28)24-19-15(3)6-5-7-27(19)22(17)30/h5-7,12,14,23H,8-11,13H2,1-4H3/p+1. The first-order valence-corrected chi connectivity index (χ1v) is 10.4. The van der Waals surface area contributed by atoms with Crippen LogP contribution in [0.15, 0.2) is 29.2 Å². The maximum atomic E-state index is 13.3. The number of carbonyl (C=O) groups is 1. The summed E-state index contributed by atoms with van der Waals surface area (Å²) in [4.78, 5) is 35.4. The molecule has 0 spiro atoms. The van der Waals surface area contributed by atoms with E-state index in [0.29, 0.717) is 47.7 Å². The Kier molecular flexibility index (Phi) is 5.19. The molecule has 3 aromatic rings. The summed E-state index contributed by atoms with van der Waals surface area (Å²) < 4.78 is 3.37. The number of carbonyl (C=O) groups excluding carboxylic acids is 1. The second-order valence-corrected chi connectivity index (χ2v) is 8.58. The van der Waals surface area contributed by atoms with Gasteiger partial charge >= 0.3 is 0 Å². The largest absolute Gasteiger partial charge is 0.336 e. The molecule has 8 nitrogen and oxygen atoms in total. The molecule has 0 bridgehead atoms. The number of aryl methyl sites for hydroxylation is 1. The van der Waals surface area contributed by atoms with Gasteiger partial charge in [-0.25, -0.2) is 4.57 Å². The number of pyridine rings is 2. The van der Waals surface area contributed by atoms with E-state index in [9.17, 15) is 9.59 Å². The van der Waals surface area contributed by atoms with Crippen LogP contribution in [0.25, 0.3) is 16.7 Å². The predicted octanol–water partition coefficient (Wildman–Crippen LogP) is 1.07. The first-order chi connectivity index (χ1) is 14.3. The first-order valence-electron chi connectivity index (χ1n) is 10.4. The van der Waals surface area contributed by atoms with E-state index in [1.807, 2.05) is 35.6 Å². The normalized spacial score (nSPS) is 15.4. The number of nitrogens with two attached hydrogens (primary N) is 1. The molecule has 1 saturated heterocycles. The number of hydrogen-bond acceptors (Lipinski definition) is 5. The van der Waals surface area contributed by atoms with E-state index >= 15 is 0 Å².